The molecule has 6 nitrogen and oxygen atoms in total. The molecule has 0 bridgehead atoms. The molecule has 1 aromatic rings. The summed E-state index contributed by atoms with van der Waals surface area (Å²) in [6, 6.07) is 4.91. The van der Waals surface area contributed by atoms with Crippen molar-refractivity contribution in [3.8, 4) is 5.75 Å². The van der Waals surface area contributed by atoms with E-state index in [-0.39, 0.29) is 29.2 Å². The minimum absolute atomic E-state index is 0.0639. The number of anilines is 1. The van der Waals surface area contributed by atoms with E-state index in [0.717, 1.165) is 6.42 Å². The van der Waals surface area contributed by atoms with Gasteiger partial charge in [-0.1, -0.05) is 13.0 Å². The molecule has 0 spiro atoms. The van der Waals surface area contributed by atoms with Gasteiger partial charge in [-0.3, -0.25) is 4.79 Å². The molecule has 1 saturated heterocycles. The summed E-state index contributed by atoms with van der Waals surface area (Å²) in [6.45, 7) is 3.93. The van der Waals surface area contributed by atoms with Crippen LogP contribution in [0.3, 0.4) is 0 Å². The molecule has 2 rings (SSSR count). The van der Waals surface area contributed by atoms with Gasteiger partial charge in [0.25, 0.3) is 5.91 Å². The molecule has 1 amide bonds. The molecule has 0 radical (unpaired) electrons. The van der Waals surface area contributed by atoms with Crippen LogP contribution in [-0.2, 0) is 14.3 Å². The Kier molecular flexibility index (Phi) is 5.03. The fourth-order valence-corrected chi connectivity index (χ4v) is 2.74. The first-order valence-corrected chi connectivity index (χ1v) is 7.19. The quantitative estimate of drug-likeness (QED) is 0.864. The number of carbonyl (C=O) groups is 2. The van der Waals surface area contributed by atoms with Crippen LogP contribution in [0.15, 0.2) is 18.2 Å². The van der Waals surface area contributed by atoms with Crippen molar-refractivity contribution < 1.29 is 23.8 Å². The van der Waals surface area contributed by atoms with Gasteiger partial charge in [0.15, 0.2) is 5.75 Å². The van der Waals surface area contributed by atoms with E-state index >= 15 is 0 Å². The largest absolute Gasteiger partial charge is 0.494 e. The summed E-state index contributed by atoms with van der Waals surface area (Å²) in [6.07, 6.45) is 0.410. The summed E-state index contributed by atoms with van der Waals surface area (Å²) >= 11 is 0. The number of hydrogen-bond donors (Lipinski definition) is 1. The zero-order valence-corrected chi connectivity index (χ0v) is 13.2. The van der Waals surface area contributed by atoms with Gasteiger partial charge >= 0.3 is 5.97 Å². The van der Waals surface area contributed by atoms with Crippen LogP contribution in [-0.4, -0.2) is 38.3 Å². The zero-order chi connectivity index (χ0) is 16.3. The first kappa shape index (κ1) is 16.3. The summed E-state index contributed by atoms with van der Waals surface area (Å²) in [5.41, 5.74) is 0.683. The van der Waals surface area contributed by atoms with Crippen molar-refractivity contribution in [2.75, 3.05) is 19.5 Å². The monoisotopic (exact) mass is 307 g/mol. The Balaban J connectivity index is 2.22. The van der Waals surface area contributed by atoms with E-state index in [0.29, 0.717) is 5.69 Å². The van der Waals surface area contributed by atoms with Crippen LogP contribution >= 0.6 is 0 Å². The fraction of sp³-hybridized carbons (Fsp3) is 0.500. The minimum Gasteiger partial charge on any atom is -0.494 e. The van der Waals surface area contributed by atoms with Crippen molar-refractivity contribution in [2.24, 2.45) is 5.92 Å². The summed E-state index contributed by atoms with van der Waals surface area (Å²) in [5, 5.41) is 2.78. The van der Waals surface area contributed by atoms with Gasteiger partial charge in [0.1, 0.15) is 11.7 Å². The summed E-state index contributed by atoms with van der Waals surface area (Å²) in [5.74, 6) is -0.338. The van der Waals surface area contributed by atoms with E-state index in [1.54, 1.807) is 18.2 Å². The number of methoxy groups -OCH3 is 2. The molecule has 1 N–H and O–H groups in total. The normalized spacial score (nSPS) is 23.9. The lowest BCUT2D eigenvalue weighted by atomic mass is 10.0. The number of ether oxygens (including phenoxy) is 3. The van der Waals surface area contributed by atoms with Crippen LogP contribution in [0.4, 0.5) is 5.69 Å². The first-order chi connectivity index (χ1) is 10.5. The molecule has 22 heavy (non-hydrogen) atoms. The van der Waals surface area contributed by atoms with Crippen LogP contribution in [0.2, 0.25) is 0 Å². The molecule has 6 heteroatoms. The molecule has 0 aliphatic carbocycles. The Hall–Kier alpha value is -2.08. The number of esters is 1. The topological polar surface area (TPSA) is 73.9 Å². The highest BCUT2D eigenvalue weighted by Crippen LogP contribution is 2.31. The van der Waals surface area contributed by atoms with Crippen LogP contribution in [0.1, 0.15) is 30.6 Å². The van der Waals surface area contributed by atoms with Gasteiger partial charge in [-0.05, 0) is 31.4 Å². The maximum Gasteiger partial charge on any atom is 0.341 e. The van der Waals surface area contributed by atoms with Crippen molar-refractivity contribution >= 4 is 17.6 Å². The van der Waals surface area contributed by atoms with Gasteiger partial charge in [-0.15, -0.1) is 0 Å². The number of nitrogens with one attached hydrogen (secondary N) is 1. The lowest BCUT2D eigenvalue weighted by Crippen LogP contribution is -2.31. The maximum absolute atomic E-state index is 12.4. The van der Waals surface area contributed by atoms with E-state index in [2.05, 4.69) is 5.32 Å². The van der Waals surface area contributed by atoms with Crippen LogP contribution in [0.5, 0.6) is 5.75 Å². The molecule has 1 aliphatic rings. The second-order valence-corrected chi connectivity index (χ2v) is 5.45. The molecule has 0 aromatic heterocycles. The molecule has 1 heterocycles. The molecular weight excluding hydrogens is 286 g/mol. The number of para-hydroxylation sites is 1. The van der Waals surface area contributed by atoms with E-state index < -0.39 is 12.1 Å². The van der Waals surface area contributed by atoms with E-state index in [4.69, 9.17) is 14.2 Å². The Bertz CT molecular complexity index is 572. The second-order valence-electron chi connectivity index (χ2n) is 5.45. The average Bonchev–Trinajstić information content (AvgIpc) is 2.84. The molecule has 1 aromatic carbocycles. The third kappa shape index (κ3) is 3.22. The van der Waals surface area contributed by atoms with E-state index in [1.165, 1.54) is 14.2 Å². The number of rotatable bonds is 4. The third-order valence-electron chi connectivity index (χ3n) is 3.74. The van der Waals surface area contributed by atoms with Gasteiger partial charge in [-0.2, -0.15) is 0 Å². The summed E-state index contributed by atoms with van der Waals surface area (Å²) < 4.78 is 15.6. The predicted molar refractivity (Wildman–Crippen MR) is 81.1 cm³/mol. The number of hydrogen-bond acceptors (Lipinski definition) is 5. The van der Waals surface area contributed by atoms with Crippen LogP contribution < -0.4 is 10.1 Å². The Morgan fingerprint density at radius 2 is 2.00 bits per heavy atom. The number of benzene rings is 1. The van der Waals surface area contributed by atoms with Crippen molar-refractivity contribution in [1.29, 1.82) is 0 Å². The summed E-state index contributed by atoms with van der Waals surface area (Å²) in [4.78, 5) is 24.1. The van der Waals surface area contributed by atoms with E-state index in [9.17, 15) is 9.59 Å². The van der Waals surface area contributed by atoms with Crippen LogP contribution in [0.25, 0.3) is 0 Å². The van der Waals surface area contributed by atoms with Crippen molar-refractivity contribution in [3.63, 3.8) is 0 Å². The Morgan fingerprint density at radius 3 is 2.55 bits per heavy atom. The van der Waals surface area contributed by atoms with Crippen molar-refractivity contribution in [1.82, 2.24) is 0 Å². The SMILES string of the molecule is COC(=O)c1cccc(NC(=O)C2OC(C)CC2C)c1OC. The Morgan fingerprint density at radius 1 is 1.27 bits per heavy atom. The molecule has 1 aliphatic heterocycles. The first-order valence-electron chi connectivity index (χ1n) is 7.19. The summed E-state index contributed by atoms with van der Waals surface area (Å²) in [7, 11) is 2.73. The third-order valence-corrected chi connectivity index (χ3v) is 3.74. The molecule has 120 valence electrons. The smallest absolute Gasteiger partial charge is 0.341 e. The Labute approximate surface area is 129 Å². The molecule has 3 atom stereocenters. The lowest BCUT2D eigenvalue weighted by molar-refractivity contribution is -0.127. The maximum atomic E-state index is 12.4. The van der Waals surface area contributed by atoms with E-state index in [1.807, 2.05) is 13.8 Å². The predicted octanol–water partition coefficient (Wildman–Crippen LogP) is 2.23. The molecule has 3 unspecified atom stereocenters. The van der Waals surface area contributed by atoms with Gasteiger partial charge in [-0.25, -0.2) is 4.79 Å². The second kappa shape index (κ2) is 6.79. The molecular formula is C16H21NO5. The van der Waals surface area contributed by atoms with Gasteiger partial charge in [0, 0.05) is 0 Å². The number of amides is 1. The minimum atomic E-state index is -0.521. The standard InChI is InChI=1S/C16H21NO5/c1-9-8-10(2)22-13(9)15(18)17-12-7-5-6-11(14(12)20-3)16(19)21-4/h5-7,9-10,13H,8H2,1-4H3,(H,17,18). The average molecular weight is 307 g/mol. The number of carbonyl (C=O) groups excluding carboxylic acids is 2. The van der Waals surface area contributed by atoms with Gasteiger partial charge in [0.05, 0.1) is 26.0 Å². The molecule has 0 saturated carbocycles. The van der Waals surface area contributed by atoms with Gasteiger partial charge < -0.3 is 19.5 Å². The van der Waals surface area contributed by atoms with Crippen molar-refractivity contribution in [2.45, 2.75) is 32.5 Å². The highest BCUT2D eigenvalue weighted by molar-refractivity contribution is 6.00. The van der Waals surface area contributed by atoms with Crippen molar-refractivity contribution in [3.05, 3.63) is 23.8 Å². The highest BCUT2D eigenvalue weighted by atomic mass is 16.5. The lowest BCUT2D eigenvalue weighted by Gasteiger charge is -2.17. The molecule has 1 fully saturated rings. The van der Waals surface area contributed by atoms with Gasteiger partial charge in [0.2, 0.25) is 0 Å². The zero-order valence-electron chi connectivity index (χ0n) is 13.2. The highest BCUT2D eigenvalue weighted by Gasteiger charge is 2.35. The van der Waals surface area contributed by atoms with Crippen LogP contribution in [0, 0.1) is 5.92 Å². The fourth-order valence-electron chi connectivity index (χ4n) is 2.74.